The molecule has 1 aromatic heterocycles. The van der Waals surface area contributed by atoms with Crippen molar-refractivity contribution < 1.29 is 23.7 Å². The molecular formula is C33H45N6O5+. The number of aromatic nitrogens is 2. The van der Waals surface area contributed by atoms with Gasteiger partial charge in [-0.05, 0) is 83.6 Å². The molecule has 2 heterocycles. The number of nitrogens with one attached hydrogen (secondary N) is 1. The van der Waals surface area contributed by atoms with Gasteiger partial charge in [0.25, 0.3) is 12.2 Å². The molecule has 0 bridgehead atoms. The summed E-state index contributed by atoms with van der Waals surface area (Å²) in [5, 5.41) is 3.44. The van der Waals surface area contributed by atoms with Gasteiger partial charge in [0.1, 0.15) is 11.9 Å². The normalized spacial score (nSPS) is 13.6. The van der Waals surface area contributed by atoms with E-state index in [9.17, 15) is 19.2 Å². The summed E-state index contributed by atoms with van der Waals surface area (Å²) in [7, 11) is 3.83. The molecule has 1 fully saturated rings. The molecule has 1 saturated heterocycles. The number of hydrogen-bond acceptors (Lipinski definition) is 7. The zero-order valence-electron chi connectivity index (χ0n) is 26.6. The van der Waals surface area contributed by atoms with Crippen LogP contribution in [0.5, 0.6) is 0 Å². The Morgan fingerprint density at radius 3 is 2.11 bits per heavy atom. The van der Waals surface area contributed by atoms with Crippen LogP contribution in [0, 0.1) is 20.8 Å². The summed E-state index contributed by atoms with van der Waals surface area (Å²) in [5.41, 5.74) is 4.03. The largest absolute Gasteiger partial charge is 0.378 e. The summed E-state index contributed by atoms with van der Waals surface area (Å²) in [6.07, 6.45) is 3.20. The zero-order chi connectivity index (χ0) is 31.8. The van der Waals surface area contributed by atoms with E-state index < -0.39 is 0 Å². The van der Waals surface area contributed by atoms with Gasteiger partial charge in [0.2, 0.25) is 5.91 Å². The van der Waals surface area contributed by atoms with Gasteiger partial charge in [0, 0.05) is 18.8 Å². The van der Waals surface area contributed by atoms with Crippen molar-refractivity contribution >= 4 is 34.3 Å². The molecule has 1 aliphatic rings. The summed E-state index contributed by atoms with van der Waals surface area (Å²) in [5.74, 6) is -0.397. The number of rotatable bonds is 12. The number of unbranched alkanes of at least 4 members (excludes halogenated alkanes) is 1. The number of fused-ring (bicyclic) bond motifs is 1. The lowest BCUT2D eigenvalue weighted by molar-refractivity contribution is -0.700. The van der Waals surface area contributed by atoms with Crippen molar-refractivity contribution in [2.75, 3.05) is 71.9 Å². The van der Waals surface area contributed by atoms with Gasteiger partial charge >= 0.3 is 11.5 Å². The number of anilines is 1. The van der Waals surface area contributed by atoms with E-state index in [0.29, 0.717) is 50.3 Å². The first-order valence-electron chi connectivity index (χ1n) is 15.2. The molecule has 3 aromatic rings. The van der Waals surface area contributed by atoms with E-state index in [-0.39, 0.29) is 36.4 Å². The molecule has 11 heteroatoms. The van der Waals surface area contributed by atoms with Crippen LogP contribution < -0.4 is 15.4 Å². The topological polar surface area (TPSA) is 108 Å². The number of carbonyl (C=O) groups excluding carboxylic acids is 3. The standard InChI is InChI=1S/C33H44N6O5/c1-24-10-8-11-25(2)31(24)34-28(40)20-35(4)14-6-7-15-36(5)21-30(42)39-23-38(22-29(41)37-16-18-44-19-17-37)33(43)27-13-9-12-26(3)32(27)39/h8-13,23H,6-7,14-22H2,1-5H3/p+1. The molecule has 1 aliphatic heterocycles. The Labute approximate surface area is 259 Å². The highest BCUT2D eigenvalue weighted by Crippen LogP contribution is 2.19. The van der Waals surface area contributed by atoms with E-state index >= 15 is 0 Å². The summed E-state index contributed by atoms with van der Waals surface area (Å²) < 4.78 is 8.19. The number of hydrogen-bond donors (Lipinski definition) is 1. The molecule has 0 unspecified atom stereocenters. The van der Waals surface area contributed by atoms with Crippen LogP contribution in [0.25, 0.3) is 10.9 Å². The highest BCUT2D eigenvalue weighted by atomic mass is 16.5. The van der Waals surface area contributed by atoms with Crippen molar-refractivity contribution in [1.82, 2.24) is 19.3 Å². The SMILES string of the molecule is Cc1cccc(C)c1NC(=O)CN(C)CCCCN(C)CC(=O)n1c[n+](CC(=O)N2CCOCC2)c(=O)c2cccc(C)c21. The maximum absolute atomic E-state index is 13.6. The van der Waals surface area contributed by atoms with Gasteiger partial charge in [0.05, 0.1) is 19.8 Å². The Bertz CT molecular complexity index is 1540. The van der Waals surface area contributed by atoms with Gasteiger partial charge in [0.15, 0.2) is 12.1 Å². The number of ether oxygens (including phenoxy) is 1. The highest BCUT2D eigenvalue weighted by molar-refractivity contribution is 5.94. The third kappa shape index (κ3) is 8.37. The number of morpholine rings is 1. The summed E-state index contributed by atoms with van der Waals surface area (Å²) >= 11 is 0. The van der Waals surface area contributed by atoms with Gasteiger partial charge in [-0.2, -0.15) is 9.13 Å². The molecule has 0 radical (unpaired) electrons. The third-order valence-corrected chi connectivity index (χ3v) is 8.06. The Balaban J connectivity index is 1.32. The Morgan fingerprint density at radius 1 is 0.864 bits per heavy atom. The number of para-hydroxylation sites is 2. The summed E-state index contributed by atoms with van der Waals surface area (Å²) in [6.45, 7) is 9.53. The molecule has 0 atom stereocenters. The smallest absolute Gasteiger partial charge is 0.345 e. The predicted octanol–water partition coefficient (Wildman–Crippen LogP) is 2.00. The molecular weight excluding hydrogens is 560 g/mol. The predicted molar refractivity (Wildman–Crippen MR) is 170 cm³/mol. The number of carbonyl (C=O) groups is 3. The molecule has 0 saturated carbocycles. The van der Waals surface area contributed by atoms with Gasteiger partial charge in [-0.25, -0.2) is 9.59 Å². The Hall–Kier alpha value is -3.93. The molecule has 4 rings (SSSR count). The molecule has 2 amide bonds. The van der Waals surface area contributed by atoms with E-state index in [4.69, 9.17) is 4.74 Å². The first kappa shape index (κ1) is 33.0. The molecule has 0 aliphatic carbocycles. The minimum atomic E-state index is -0.297. The second-order valence-corrected chi connectivity index (χ2v) is 11.8. The lowest BCUT2D eigenvalue weighted by atomic mass is 10.1. The van der Waals surface area contributed by atoms with Crippen LogP contribution >= 0.6 is 0 Å². The highest BCUT2D eigenvalue weighted by Gasteiger charge is 2.26. The number of nitrogens with zero attached hydrogens (tertiary/aromatic N) is 5. The average molecular weight is 606 g/mol. The lowest BCUT2D eigenvalue weighted by Crippen LogP contribution is -2.57. The van der Waals surface area contributed by atoms with Crippen molar-refractivity contribution in [3.05, 3.63) is 69.8 Å². The van der Waals surface area contributed by atoms with E-state index in [1.165, 1.54) is 15.5 Å². The van der Waals surface area contributed by atoms with E-state index in [1.54, 1.807) is 17.0 Å². The van der Waals surface area contributed by atoms with Crippen LogP contribution in [-0.2, 0) is 20.9 Å². The maximum atomic E-state index is 13.6. The van der Waals surface area contributed by atoms with E-state index in [2.05, 4.69) is 5.32 Å². The van der Waals surface area contributed by atoms with Crippen molar-refractivity contribution in [2.45, 2.75) is 40.2 Å². The number of amides is 2. The first-order valence-corrected chi connectivity index (χ1v) is 15.2. The monoisotopic (exact) mass is 605 g/mol. The van der Waals surface area contributed by atoms with Crippen molar-refractivity contribution in [2.24, 2.45) is 0 Å². The molecule has 2 aromatic carbocycles. The van der Waals surface area contributed by atoms with Gasteiger partial charge < -0.3 is 15.0 Å². The van der Waals surface area contributed by atoms with Crippen LogP contribution in [-0.4, -0.2) is 104 Å². The fourth-order valence-corrected chi connectivity index (χ4v) is 5.58. The number of aryl methyl sites for hydroxylation is 3. The van der Waals surface area contributed by atoms with Crippen molar-refractivity contribution in [3.8, 4) is 0 Å². The molecule has 44 heavy (non-hydrogen) atoms. The van der Waals surface area contributed by atoms with Gasteiger partial charge in [-0.3, -0.25) is 19.4 Å². The fraction of sp³-hybridized carbons (Fsp3) is 0.485. The lowest BCUT2D eigenvalue weighted by Gasteiger charge is -2.26. The zero-order valence-corrected chi connectivity index (χ0v) is 26.6. The minimum Gasteiger partial charge on any atom is -0.378 e. The quantitative estimate of drug-likeness (QED) is 0.249. The van der Waals surface area contributed by atoms with E-state index in [0.717, 1.165) is 41.8 Å². The molecule has 236 valence electrons. The summed E-state index contributed by atoms with van der Waals surface area (Å²) in [4.78, 5) is 58.0. The second-order valence-electron chi connectivity index (χ2n) is 11.8. The van der Waals surface area contributed by atoms with E-state index in [1.807, 2.05) is 68.9 Å². The Morgan fingerprint density at radius 2 is 1.45 bits per heavy atom. The molecule has 11 nitrogen and oxygen atoms in total. The van der Waals surface area contributed by atoms with Crippen LogP contribution in [0.2, 0.25) is 0 Å². The van der Waals surface area contributed by atoms with Crippen LogP contribution in [0.3, 0.4) is 0 Å². The molecule has 0 spiro atoms. The summed E-state index contributed by atoms with van der Waals surface area (Å²) in [6, 6.07) is 11.3. The van der Waals surface area contributed by atoms with Gasteiger partial charge in [-0.15, -0.1) is 0 Å². The van der Waals surface area contributed by atoms with Crippen molar-refractivity contribution in [1.29, 1.82) is 0 Å². The molecule has 1 N–H and O–H groups in total. The number of likely N-dealkylation sites (N-methyl/N-ethyl adjacent to an activating group) is 2. The van der Waals surface area contributed by atoms with Crippen molar-refractivity contribution in [3.63, 3.8) is 0 Å². The second kappa shape index (κ2) is 15.2. The maximum Gasteiger partial charge on any atom is 0.345 e. The third-order valence-electron chi connectivity index (χ3n) is 8.06. The van der Waals surface area contributed by atoms with Gasteiger partial charge in [-0.1, -0.05) is 30.3 Å². The minimum absolute atomic E-state index is 0.0415. The average Bonchev–Trinajstić information content (AvgIpc) is 2.99. The fourth-order valence-electron chi connectivity index (χ4n) is 5.58. The first-order chi connectivity index (χ1) is 21.0. The van der Waals surface area contributed by atoms with Crippen LogP contribution in [0.4, 0.5) is 5.69 Å². The number of benzene rings is 2. The van der Waals surface area contributed by atoms with Crippen LogP contribution in [0.15, 0.2) is 47.5 Å². The Kier molecular flexibility index (Phi) is 11.4. The van der Waals surface area contributed by atoms with Crippen LogP contribution in [0.1, 0.15) is 34.3 Å².